The number of aromatic nitrogens is 2. The number of benzene rings is 1. The smallest absolute Gasteiger partial charge is 0.134 e. The van der Waals surface area contributed by atoms with Crippen LogP contribution in [-0.2, 0) is 20.2 Å². The Kier molecular flexibility index (Phi) is 5.61. The SMILES string of the molecule is CCCNCc1ccc(OCc2ccn(C)n2)c(Br)c1. The summed E-state index contributed by atoms with van der Waals surface area (Å²) in [6.07, 6.45) is 3.06. The molecular weight excluding hydrogens is 318 g/mol. The Morgan fingerprint density at radius 2 is 2.20 bits per heavy atom. The first-order valence-corrected chi connectivity index (χ1v) is 7.59. The quantitative estimate of drug-likeness (QED) is 0.788. The minimum Gasteiger partial charge on any atom is -0.486 e. The number of hydrogen-bond acceptors (Lipinski definition) is 3. The normalized spacial score (nSPS) is 10.8. The zero-order chi connectivity index (χ0) is 14.4. The molecule has 0 aliphatic carbocycles. The summed E-state index contributed by atoms with van der Waals surface area (Å²) in [5.41, 5.74) is 2.17. The molecule has 1 N–H and O–H groups in total. The van der Waals surface area contributed by atoms with Gasteiger partial charge in [0.25, 0.3) is 0 Å². The fourth-order valence-electron chi connectivity index (χ4n) is 1.87. The summed E-state index contributed by atoms with van der Waals surface area (Å²) in [7, 11) is 1.90. The molecule has 2 rings (SSSR count). The van der Waals surface area contributed by atoms with E-state index in [9.17, 15) is 0 Å². The van der Waals surface area contributed by atoms with E-state index in [0.717, 1.165) is 35.4 Å². The molecule has 20 heavy (non-hydrogen) atoms. The van der Waals surface area contributed by atoms with Crippen molar-refractivity contribution in [2.45, 2.75) is 26.5 Å². The van der Waals surface area contributed by atoms with Crippen molar-refractivity contribution < 1.29 is 4.74 Å². The van der Waals surface area contributed by atoms with E-state index < -0.39 is 0 Å². The largest absolute Gasteiger partial charge is 0.486 e. The van der Waals surface area contributed by atoms with Crippen molar-refractivity contribution >= 4 is 15.9 Å². The molecule has 0 spiro atoms. The van der Waals surface area contributed by atoms with Crippen molar-refractivity contribution in [2.24, 2.45) is 7.05 Å². The predicted molar refractivity (Wildman–Crippen MR) is 83.7 cm³/mol. The van der Waals surface area contributed by atoms with E-state index in [1.165, 1.54) is 5.56 Å². The van der Waals surface area contributed by atoms with E-state index in [0.29, 0.717) is 6.61 Å². The van der Waals surface area contributed by atoms with Crippen LogP contribution in [0.1, 0.15) is 24.6 Å². The fourth-order valence-corrected chi connectivity index (χ4v) is 2.41. The number of ether oxygens (including phenoxy) is 1. The highest BCUT2D eigenvalue weighted by molar-refractivity contribution is 9.10. The van der Waals surface area contributed by atoms with Gasteiger partial charge in [-0.25, -0.2) is 0 Å². The van der Waals surface area contributed by atoms with Crippen LogP contribution >= 0.6 is 15.9 Å². The van der Waals surface area contributed by atoms with Crippen LogP contribution in [0.3, 0.4) is 0 Å². The van der Waals surface area contributed by atoms with Crippen molar-refractivity contribution in [1.82, 2.24) is 15.1 Å². The van der Waals surface area contributed by atoms with Crippen LogP contribution in [0.15, 0.2) is 34.9 Å². The maximum absolute atomic E-state index is 5.77. The molecule has 4 nitrogen and oxygen atoms in total. The lowest BCUT2D eigenvalue weighted by molar-refractivity contribution is 0.298. The van der Waals surface area contributed by atoms with Gasteiger partial charge in [0.15, 0.2) is 0 Å². The molecule has 0 fully saturated rings. The topological polar surface area (TPSA) is 39.1 Å². The molecule has 1 aromatic heterocycles. The van der Waals surface area contributed by atoms with Gasteiger partial charge in [0.2, 0.25) is 0 Å². The number of aryl methyl sites for hydroxylation is 1. The second-order valence-electron chi connectivity index (χ2n) is 4.71. The van der Waals surface area contributed by atoms with Crippen LogP contribution in [0.2, 0.25) is 0 Å². The Balaban J connectivity index is 1.92. The van der Waals surface area contributed by atoms with E-state index >= 15 is 0 Å². The zero-order valence-corrected chi connectivity index (χ0v) is 13.5. The van der Waals surface area contributed by atoms with Gasteiger partial charge in [-0.3, -0.25) is 4.68 Å². The summed E-state index contributed by atoms with van der Waals surface area (Å²) in [6.45, 7) is 4.56. The molecule has 5 heteroatoms. The first-order chi connectivity index (χ1) is 9.69. The summed E-state index contributed by atoms with van der Waals surface area (Å²) in [5, 5.41) is 7.67. The maximum Gasteiger partial charge on any atom is 0.134 e. The van der Waals surface area contributed by atoms with E-state index in [1.807, 2.05) is 25.4 Å². The number of halogens is 1. The van der Waals surface area contributed by atoms with E-state index in [1.54, 1.807) is 4.68 Å². The molecule has 0 unspecified atom stereocenters. The summed E-state index contributed by atoms with van der Waals surface area (Å²) in [4.78, 5) is 0. The van der Waals surface area contributed by atoms with Crippen LogP contribution in [0.4, 0.5) is 0 Å². The third kappa shape index (κ3) is 4.35. The Morgan fingerprint density at radius 1 is 1.35 bits per heavy atom. The Morgan fingerprint density at radius 3 is 2.85 bits per heavy atom. The predicted octanol–water partition coefficient (Wildman–Crippen LogP) is 3.26. The number of nitrogens with zero attached hydrogens (tertiary/aromatic N) is 2. The van der Waals surface area contributed by atoms with Gasteiger partial charge in [0, 0.05) is 19.8 Å². The van der Waals surface area contributed by atoms with Gasteiger partial charge in [-0.05, 0) is 52.7 Å². The second-order valence-corrected chi connectivity index (χ2v) is 5.57. The minimum atomic E-state index is 0.479. The summed E-state index contributed by atoms with van der Waals surface area (Å²) >= 11 is 3.56. The monoisotopic (exact) mass is 337 g/mol. The van der Waals surface area contributed by atoms with Crippen LogP contribution in [0.25, 0.3) is 0 Å². The molecule has 0 saturated carbocycles. The molecule has 2 aromatic rings. The number of nitrogens with one attached hydrogen (secondary N) is 1. The molecule has 0 aliphatic heterocycles. The highest BCUT2D eigenvalue weighted by Gasteiger charge is 2.04. The van der Waals surface area contributed by atoms with Crippen LogP contribution in [0, 0.1) is 0 Å². The van der Waals surface area contributed by atoms with Crippen molar-refractivity contribution in [2.75, 3.05) is 6.54 Å². The molecule has 0 aliphatic rings. The summed E-state index contributed by atoms with van der Waals surface area (Å²) < 4.78 is 8.52. The number of rotatable bonds is 7. The first-order valence-electron chi connectivity index (χ1n) is 6.79. The number of hydrogen-bond donors (Lipinski definition) is 1. The summed E-state index contributed by atoms with van der Waals surface area (Å²) in [5.74, 6) is 0.842. The first kappa shape index (κ1) is 15.1. The molecule has 0 amide bonds. The Labute approximate surface area is 128 Å². The second kappa shape index (κ2) is 7.45. The lowest BCUT2D eigenvalue weighted by atomic mass is 10.2. The molecule has 108 valence electrons. The molecule has 0 bridgehead atoms. The average molecular weight is 338 g/mol. The van der Waals surface area contributed by atoms with Crippen molar-refractivity contribution in [3.05, 3.63) is 46.2 Å². The highest BCUT2D eigenvalue weighted by atomic mass is 79.9. The molecule has 0 atom stereocenters. The van der Waals surface area contributed by atoms with Crippen LogP contribution in [-0.4, -0.2) is 16.3 Å². The van der Waals surface area contributed by atoms with Gasteiger partial charge in [-0.2, -0.15) is 5.10 Å². The lowest BCUT2D eigenvalue weighted by Crippen LogP contribution is -2.13. The van der Waals surface area contributed by atoms with Crippen molar-refractivity contribution in [1.29, 1.82) is 0 Å². The van der Waals surface area contributed by atoms with Crippen molar-refractivity contribution in [3.63, 3.8) is 0 Å². The molecule has 0 saturated heterocycles. The van der Waals surface area contributed by atoms with E-state index in [2.05, 4.69) is 45.4 Å². The van der Waals surface area contributed by atoms with Crippen LogP contribution < -0.4 is 10.1 Å². The minimum absolute atomic E-state index is 0.479. The van der Waals surface area contributed by atoms with Gasteiger partial charge in [-0.1, -0.05) is 13.0 Å². The fraction of sp³-hybridized carbons (Fsp3) is 0.400. The standard InChI is InChI=1S/C15H20BrN3O/c1-3-7-17-10-12-4-5-15(14(16)9-12)20-11-13-6-8-19(2)18-13/h4-6,8-9,17H,3,7,10-11H2,1-2H3. The van der Waals surface area contributed by atoms with E-state index in [-0.39, 0.29) is 0 Å². The maximum atomic E-state index is 5.77. The Hall–Kier alpha value is -1.33. The van der Waals surface area contributed by atoms with Gasteiger partial charge in [0.05, 0.1) is 10.2 Å². The Bertz CT molecular complexity index is 554. The third-order valence-electron chi connectivity index (χ3n) is 2.90. The lowest BCUT2D eigenvalue weighted by Gasteiger charge is -2.09. The molecule has 0 radical (unpaired) electrons. The third-order valence-corrected chi connectivity index (χ3v) is 3.52. The van der Waals surface area contributed by atoms with E-state index in [4.69, 9.17) is 4.74 Å². The van der Waals surface area contributed by atoms with Gasteiger partial charge in [-0.15, -0.1) is 0 Å². The van der Waals surface area contributed by atoms with Gasteiger partial charge >= 0.3 is 0 Å². The molecule has 1 aromatic carbocycles. The van der Waals surface area contributed by atoms with Gasteiger partial charge < -0.3 is 10.1 Å². The van der Waals surface area contributed by atoms with Crippen molar-refractivity contribution in [3.8, 4) is 5.75 Å². The van der Waals surface area contributed by atoms with Gasteiger partial charge in [0.1, 0.15) is 12.4 Å². The van der Waals surface area contributed by atoms with Crippen LogP contribution in [0.5, 0.6) is 5.75 Å². The summed E-state index contributed by atoms with van der Waals surface area (Å²) in [6, 6.07) is 8.13. The molecule has 1 heterocycles. The zero-order valence-electron chi connectivity index (χ0n) is 11.9. The average Bonchev–Trinajstić information content (AvgIpc) is 2.84. The highest BCUT2D eigenvalue weighted by Crippen LogP contribution is 2.26. The molecular formula is C15H20BrN3O.